The zero-order valence-corrected chi connectivity index (χ0v) is 20.1. The van der Waals surface area contributed by atoms with Crippen LogP contribution < -0.4 is 10.6 Å². The van der Waals surface area contributed by atoms with Gasteiger partial charge in [0, 0.05) is 54.8 Å². The van der Waals surface area contributed by atoms with Gasteiger partial charge in [-0.3, -0.25) is 10.8 Å². The van der Waals surface area contributed by atoms with Gasteiger partial charge in [0.25, 0.3) is 0 Å². The second-order valence-electron chi connectivity index (χ2n) is 9.36. The van der Waals surface area contributed by atoms with Crippen LogP contribution in [0.5, 0.6) is 0 Å². The third-order valence-corrected chi connectivity index (χ3v) is 6.40. The lowest BCUT2D eigenvalue weighted by molar-refractivity contribution is 0.114. The van der Waals surface area contributed by atoms with Crippen LogP contribution in [0.2, 0.25) is 0 Å². The van der Waals surface area contributed by atoms with Crippen molar-refractivity contribution in [1.82, 2.24) is 15.5 Å². The Kier molecular flexibility index (Phi) is 7.53. The van der Waals surface area contributed by atoms with E-state index < -0.39 is 0 Å². The molecule has 0 aromatic heterocycles. The van der Waals surface area contributed by atoms with Crippen molar-refractivity contribution in [3.63, 3.8) is 0 Å². The Labute approximate surface area is 185 Å². The van der Waals surface area contributed by atoms with Crippen LogP contribution in [0.15, 0.2) is 24.4 Å². The van der Waals surface area contributed by atoms with Crippen LogP contribution in [0, 0.1) is 23.2 Å². The Balaban J connectivity index is 2.13. The molecule has 0 atom stereocenters. The van der Waals surface area contributed by atoms with E-state index >= 15 is 0 Å². The summed E-state index contributed by atoms with van der Waals surface area (Å²) in [6.45, 7) is 10.8. The van der Waals surface area contributed by atoms with Gasteiger partial charge in [-0.2, -0.15) is 0 Å². The highest BCUT2D eigenvalue weighted by molar-refractivity contribution is 8.26. The summed E-state index contributed by atoms with van der Waals surface area (Å²) in [6, 6.07) is 6.09. The average molecular weight is 429 g/mol. The Bertz CT molecular complexity index is 839. The topological polar surface area (TPSA) is 98.9 Å². The minimum absolute atomic E-state index is 0.0129. The van der Waals surface area contributed by atoms with Gasteiger partial charge in [0.1, 0.15) is 5.04 Å². The summed E-state index contributed by atoms with van der Waals surface area (Å²) in [6.07, 6.45) is 5.02. The Morgan fingerprint density at radius 2 is 1.80 bits per heavy atom. The van der Waals surface area contributed by atoms with E-state index in [-0.39, 0.29) is 17.1 Å². The van der Waals surface area contributed by atoms with Gasteiger partial charge >= 0.3 is 0 Å². The molecule has 0 aliphatic carbocycles. The molecule has 1 aromatic rings. The zero-order chi connectivity index (χ0) is 22.7. The molecule has 6 nitrogen and oxygen atoms in total. The maximum absolute atomic E-state index is 8.62. The van der Waals surface area contributed by atoms with Crippen LogP contribution >= 0.6 is 11.8 Å². The number of allylic oxidation sites excluding steroid dienone is 1. The van der Waals surface area contributed by atoms with Gasteiger partial charge in [0.15, 0.2) is 5.17 Å². The minimum Gasteiger partial charge on any atom is -0.393 e. The quantitative estimate of drug-likeness (QED) is 0.354. The summed E-state index contributed by atoms with van der Waals surface area (Å²) in [5, 5.41) is 32.2. The van der Waals surface area contributed by atoms with E-state index in [1.807, 2.05) is 44.1 Å². The van der Waals surface area contributed by atoms with Crippen molar-refractivity contribution in [2.24, 2.45) is 0 Å². The lowest BCUT2D eigenvalue weighted by atomic mass is 9.79. The van der Waals surface area contributed by atoms with Crippen molar-refractivity contribution < 1.29 is 0 Å². The number of nitrogens with one attached hydrogen (secondary N) is 5. The molecule has 1 saturated heterocycles. The molecule has 0 saturated carbocycles. The number of hydrogen-bond acceptors (Lipinski definition) is 6. The number of amidine groups is 1. The van der Waals surface area contributed by atoms with Gasteiger partial charge in [-0.1, -0.05) is 18.2 Å². The molecule has 1 aromatic carbocycles. The summed E-state index contributed by atoms with van der Waals surface area (Å²) in [4.78, 5) is 2.02. The molecule has 0 amide bonds. The van der Waals surface area contributed by atoms with E-state index in [9.17, 15) is 0 Å². The van der Waals surface area contributed by atoms with E-state index in [4.69, 9.17) is 16.2 Å². The molecule has 5 N–H and O–H groups in total. The van der Waals surface area contributed by atoms with Gasteiger partial charge < -0.3 is 20.9 Å². The first-order valence-corrected chi connectivity index (χ1v) is 11.1. The van der Waals surface area contributed by atoms with Gasteiger partial charge in [-0.05, 0) is 70.3 Å². The molecule has 1 aliphatic rings. The fraction of sp³-hybridized carbons (Fsp3) is 0.522. The van der Waals surface area contributed by atoms with Gasteiger partial charge in [-0.25, -0.2) is 0 Å². The van der Waals surface area contributed by atoms with Crippen LogP contribution in [-0.2, 0) is 0 Å². The molecule has 1 heterocycles. The summed E-state index contributed by atoms with van der Waals surface area (Å²) in [7, 11) is 3.78. The van der Waals surface area contributed by atoms with E-state index in [2.05, 4.69) is 38.3 Å². The van der Waals surface area contributed by atoms with Crippen LogP contribution in [0.1, 0.15) is 57.2 Å². The Hall–Kier alpha value is -2.12. The molecule has 1 fully saturated rings. The van der Waals surface area contributed by atoms with Crippen molar-refractivity contribution in [2.75, 3.05) is 14.1 Å². The molecule has 0 radical (unpaired) electrons. The van der Waals surface area contributed by atoms with Crippen LogP contribution in [0.4, 0.5) is 0 Å². The first-order valence-electron chi connectivity index (χ1n) is 10.3. The second kappa shape index (κ2) is 9.35. The van der Waals surface area contributed by atoms with Crippen molar-refractivity contribution in [2.45, 2.75) is 64.6 Å². The molecule has 7 heteroatoms. The molecule has 0 unspecified atom stereocenters. The monoisotopic (exact) mass is 428 g/mol. The summed E-state index contributed by atoms with van der Waals surface area (Å²) < 4.78 is 0. The molecular formula is C23H36N6S. The fourth-order valence-electron chi connectivity index (χ4n) is 4.39. The number of rotatable bonds is 5. The van der Waals surface area contributed by atoms with Crippen molar-refractivity contribution in [3.05, 3.63) is 41.1 Å². The maximum atomic E-state index is 8.62. The summed E-state index contributed by atoms with van der Waals surface area (Å²) in [5.74, 6) is 0. The second-order valence-corrected chi connectivity index (χ2v) is 10.4. The molecule has 0 bridgehead atoms. The highest BCUT2D eigenvalue weighted by atomic mass is 32.2. The van der Waals surface area contributed by atoms with E-state index in [0.717, 1.165) is 35.1 Å². The zero-order valence-electron chi connectivity index (χ0n) is 19.2. The normalized spacial score (nSPS) is 18.6. The number of nitrogens with zero attached hydrogens (tertiary/aromatic N) is 1. The largest absolute Gasteiger partial charge is 0.393 e. The minimum atomic E-state index is 0.0129. The summed E-state index contributed by atoms with van der Waals surface area (Å²) >= 11 is 1.20. The first kappa shape index (κ1) is 24.2. The number of benzene rings is 1. The Morgan fingerprint density at radius 3 is 2.30 bits per heavy atom. The lowest BCUT2D eigenvalue weighted by Crippen LogP contribution is -2.62. The van der Waals surface area contributed by atoms with Crippen LogP contribution in [0.25, 0.3) is 5.57 Å². The molecular weight excluding hydrogens is 392 g/mol. The standard InChI is InChI=1S/C23H36N6S/c1-15-10-16(17(13-24)14-27-6)8-9-19(15)20(25)30-21(26)29(7)18-11-22(2,3)28-23(4,5)12-18/h8-10,13-14,18,24-28H,11-12H2,1-7H3/b17-14+,24-13?,25-20?,26-21?. The fourth-order valence-corrected chi connectivity index (χ4v) is 5.22. The lowest BCUT2D eigenvalue weighted by Gasteiger charge is -2.49. The summed E-state index contributed by atoms with van der Waals surface area (Å²) in [5.41, 5.74) is 3.53. The first-order chi connectivity index (χ1) is 13.9. The van der Waals surface area contributed by atoms with Crippen LogP contribution in [0.3, 0.4) is 0 Å². The van der Waals surface area contributed by atoms with Crippen molar-refractivity contribution in [3.8, 4) is 0 Å². The van der Waals surface area contributed by atoms with Crippen molar-refractivity contribution in [1.29, 1.82) is 16.2 Å². The third-order valence-electron chi connectivity index (χ3n) is 5.50. The van der Waals surface area contributed by atoms with E-state index in [1.54, 1.807) is 6.20 Å². The van der Waals surface area contributed by atoms with Crippen molar-refractivity contribution >= 4 is 33.8 Å². The number of hydrogen-bond donors (Lipinski definition) is 5. The van der Waals surface area contributed by atoms with Gasteiger partial charge in [0.2, 0.25) is 0 Å². The highest BCUT2D eigenvalue weighted by Crippen LogP contribution is 2.32. The molecule has 2 rings (SSSR count). The SMILES string of the molecule is CN/C=C(\C=N)c1ccc(C(=N)SC(=N)N(C)C2CC(C)(C)NC(C)(C)C2)c(C)c1. The third kappa shape index (κ3) is 5.95. The number of piperidine rings is 1. The molecule has 164 valence electrons. The van der Waals surface area contributed by atoms with Gasteiger partial charge in [-0.15, -0.1) is 0 Å². The van der Waals surface area contributed by atoms with E-state index in [1.165, 1.54) is 18.0 Å². The number of thioether (sulfide) groups is 1. The predicted octanol–water partition coefficient (Wildman–Crippen LogP) is 4.44. The molecule has 1 aliphatic heterocycles. The van der Waals surface area contributed by atoms with E-state index in [0.29, 0.717) is 10.2 Å². The Morgan fingerprint density at radius 1 is 1.20 bits per heavy atom. The molecule has 0 spiro atoms. The average Bonchev–Trinajstić information content (AvgIpc) is 2.62. The van der Waals surface area contributed by atoms with Crippen LogP contribution in [-0.4, -0.2) is 52.5 Å². The molecule has 30 heavy (non-hydrogen) atoms. The van der Waals surface area contributed by atoms with Gasteiger partial charge in [0.05, 0.1) is 0 Å². The predicted molar refractivity (Wildman–Crippen MR) is 131 cm³/mol. The smallest absolute Gasteiger partial charge is 0.162 e. The number of aryl methyl sites for hydroxylation is 1. The highest BCUT2D eigenvalue weighted by Gasteiger charge is 2.39. The maximum Gasteiger partial charge on any atom is 0.162 e.